The highest BCUT2D eigenvalue weighted by molar-refractivity contribution is 5.81. The van der Waals surface area contributed by atoms with Crippen molar-refractivity contribution in [2.45, 2.75) is 32.9 Å². The Hall–Kier alpha value is -2.96. The fraction of sp³-hybridized carbons (Fsp3) is 0.263. The van der Waals surface area contributed by atoms with Crippen molar-refractivity contribution >= 4 is 16.6 Å². The number of nitrogens with zero attached hydrogens (tertiary/aromatic N) is 2. The van der Waals surface area contributed by atoms with Gasteiger partial charge in [0.1, 0.15) is 11.4 Å². The molecule has 0 radical (unpaired) electrons. The summed E-state index contributed by atoms with van der Waals surface area (Å²) in [6.07, 6.45) is 0. The highest BCUT2D eigenvalue weighted by Gasteiger charge is 2.25. The van der Waals surface area contributed by atoms with Gasteiger partial charge >= 0.3 is 0 Å². The Kier molecular flexibility index (Phi) is 4.39. The van der Waals surface area contributed by atoms with Gasteiger partial charge in [-0.2, -0.15) is 0 Å². The lowest BCUT2D eigenvalue weighted by atomic mass is 10.1. The predicted molar refractivity (Wildman–Crippen MR) is 94.4 cm³/mol. The lowest BCUT2D eigenvalue weighted by molar-refractivity contribution is -0.385. The number of hydrogen-bond acceptors (Lipinski definition) is 3. The Morgan fingerprint density at radius 1 is 1.15 bits per heavy atom. The molecule has 0 unspecified atom stereocenters. The normalized spacial score (nSPS) is 11.7. The van der Waals surface area contributed by atoms with Gasteiger partial charge in [-0.15, -0.1) is 0 Å². The monoisotopic (exact) mass is 360 g/mol. The van der Waals surface area contributed by atoms with Crippen molar-refractivity contribution in [1.82, 2.24) is 4.57 Å². The molecule has 0 atom stereocenters. The van der Waals surface area contributed by atoms with Crippen molar-refractivity contribution in [3.05, 3.63) is 69.9 Å². The molecule has 136 valence electrons. The topological polar surface area (TPSA) is 57.3 Å². The van der Waals surface area contributed by atoms with Crippen molar-refractivity contribution in [1.29, 1.82) is 0 Å². The first-order valence-electron chi connectivity index (χ1n) is 8.05. The average Bonchev–Trinajstić information content (AvgIpc) is 2.83. The largest absolute Gasteiger partial charge is 0.483 e. The van der Waals surface area contributed by atoms with Crippen molar-refractivity contribution in [3.8, 4) is 5.75 Å². The van der Waals surface area contributed by atoms with E-state index in [1.807, 2.05) is 17.6 Å². The summed E-state index contributed by atoms with van der Waals surface area (Å²) in [5.41, 5.74) is 0.639. The minimum atomic E-state index is -0.804. The summed E-state index contributed by atoms with van der Waals surface area (Å²) in [6.45, 7) is 5.89. The van der Waals surface area contributed by atoms with Gasteiger partial charge in [-0.25, -0.2) is 8.78 Å². The Morgan fingerprint density at radius 2 is 1.88 bits per heavy atom. The van der Waals surface area contributed by atoms with Gasteiger partial charge in [0.15, 0.2) is 11.6 Å². The van der Waals surface area contributed by atoms with Gasteiger partial charge in [-0.05, 0) is 51.1 Å². The number of fused-ring (bicyclic) bond motifs is 1. The minimum Gasteiger partial charge on any atom is -0.483 e. The Labute approximate surface area is 149 Å². The second-order valence-corrected chi connectivity index (χ2v) is 6.81. The maximum Gasteiger partial charge on any atom is 0.272 e. The molecule has 0 aliphatic heterocycles. The Morgan fingerprint density at radius 3 is 2.54 bits per heavy atom. The zero-order valence-electron chi connectivity index (χ0n) is 14.6. The Bertz CT molecular complexity index is 996. The molecule has 3 rings (SSSR count). The zero-order chi connectivity index (χ0) is 19.1. The molecule has 1 heterocycles. The number of benzene rings is 2. The number of rotatable bonds is 5. The third-order valence-corrected chi connectivity index (χ3v) is 4.12. The van der Waals surface area contributed by atoms with Crippen LogP contribution in [0.1, 0.15) is 19.5 Å². The molecule has 26 heavy (non-hydrogen) atoms. The third kappa shape index (κ3) is 3.51. The van der Waals surface area contributed by atoms with Crippen molar-refractivity contribution in [2.75, 3.05) is 0 Å². The van der Waals surface area contributed by atoms with Crippen LogP contribution >= 0.6 is 0 Å². The van der Waals surface area contributed by atoms with E-state index in [4.69, 9.17) is 4.74 Å². The Balaban J connectivity index is 1.88. The number of non-ortho nitro benzene ring substituents is 1. The van der Waals surface area contributed by atoms with E-state index < -0.39 is 16.3 Å². The smallest absolute Gasteiger partial charge is 0.272 e. The molecular weight excluding hydrogens is 342 g/mol. The molecule has 1 aromatic heterocycles. The first kappa shape index (κ1) is 17.8. The molecule has 0 saturated heterocycles. The molecule has 3 aromatic rings. The van der Waals surface area contributed by atoms with Crippen molar-refractivity contribution in [2.24, 2.45) is 0 Å². The summed E-state index contributed by atoms with van der Waals surface area (Å²) in [6, 6.07) is 9.72. The number of aryl methyl sites for hydroxylation is 1. The quantitative estimate of drug-likeness (QED) is 0.475. The fourth-order valence-electron chi connectivity index (χ4n) is 2.99. The molecule has 0 saturated carbocycles. The third-order valence-electron chi connectivity index (χ3n) is 4.12. The number of aromatic nitrogens is 1. The number of nitro groups is 1. The van der Waals surface area contributed by atoms with Crippen LogP contribution in [0.5, 0.6) is 5.75 Å². The average molecular weight is 360 g/mol. The molecule has 0 aliphatic rings. The number of nitro benzene ring substituents is 1. The predicted octanol–water partition coefficient (Wildman–Crippen LogP) is 4.99. The number of hydrogen-bond donors (Lipinski definition) is 0. The maximum atomic E-state index is 14.1. The van der Waals surface area contributed by atoms with Gasteiger partial charge in [-0.1, -0.05) is 0 Å². The summed E-state index contributed by atoms with van der Waals surface area (Å²) >= 11 is 0. The molecule has 0 N–H and O–H groups in total. The summed E-state index contributed by atoms with van der Waals surface area (Å²) in [5.74, 6) is -1.15. The number of halogens is 2. The minimum absolute atomic E-state index is 0.0549. The van der Waals surface area contributed by atoms with E-state index in [1.54, 1.807) is 19.9 Å². The first-order valence-corrected chi connectivity index (χ1v) is 8.05. The van der Waals surface area contributed by atoms with Crippen molar-refractivity contribution in [3.63, 3.8) is 0 Å². The summed E-state index contributed by atoms with van der Waals surface area (Å²) in [5, 5.41) is 11.5. The van der Waals surface area contributed by atoms with E-state index in [0.29, 0.717) is 6.54 Å². The highest BCUT2D eigenvalue weighted by atomic mass is 19.1. The van der Waals surface area contributed by atoms with Crippen LogP contribution in [0, 0.1) is 28.7 Å². The molecule has 0 spiro atoms. The van der Waals surface area contributed by atoms with Gasteiger partial charge in [0.05, 0.1) is 17.5 Å². The van der Waals surface area contributed by atoms with Crippen molar-refractivity contribution < 1.29 is 18.4 Å². The van der Waals surface area contributed by atoms with Crippen LogP contribution in [0.15, 0.2) is 42.5 Å². The summed E-state index contributed by atoms with van der Waals surface area (Å²) in [7, 11) is 0. The van der Waals surface area contributed by atoms with Gasteiger partial charge < -0.3 is 9.30 Å². The van der Waals surface area contributed by atoms with E-state index in [-0.39, 0.29) is 17.3 Å². The first-order chi connectivity index (χ1) is 12.2. The van der Waals surface area contributed by atoms with E-state index >= 15 is 0 Å². The standard InChI is InChI=1S/C19H18F2N2O3/c1-12-8-13-9-14(20)4-6-17(13)22(12)11-19(2,3)26-18-7-5-15(23(24)25)10-16(18)21/h4-10H,11H2,1-3H3. The van der Waals surface area contributed by atoms with Crippen LogP contribution in [0.3, 0.4) is 0 Å². The molecule has 0 aliphatic carbocycles. The molecular formula is C19H18F2N2O3. The lowest BCUT2D eigenvalue weighted by Crippen LogP contribution is -2.34. The molecule has 7 heteroatoms. The van der Waals surface area contributed by atoms with Crippen LogP contribution < -0.4 is 4.74 Å². The van der Waals surface area contributed by atoms with Crippen LogP contribution in [-0.4, -0.2) is 15.1 Å². The van der Waals surface area contributed by atoms with Crippen LogP contribution in [0.4, 0.5) is 14.5 Å². The summed E-state index contributed by atoms with van der Waals surface area (Å²) in [4.78, 5) is 10.1. The van der Waals surface area contributed by atoms with E-state index in [0.717, 1.165) is 22.7 Å². The maximum absolute atomic E-state index is 14.1. The molecule has 0 amide bonds. The molecule has 0 bridgehead atoms. The van der Waals surface area contributed by atoms with Gasteiger partial charge in [0.25, 0.3) is 5.69 Å². The van der Waals surface area contributed by atoms with E-state index in [2.05, 4.69) is 0 Å². The van der Waals surface area contributed by atoms with Crippen LogP contribution in [0.25, 0.3) is 10.9 Å². The van der Waals surface area contributed by atoms with Crippen LogP contribution in [-0.2, 0) is 6.54 Å². The molecule has 2 aromatic carbocycles. The van der Waals surface area contributed by atoms with E-state index in [9.17, 15) is 18.9 Å². The van der Waals surface area contributed by atoms with Gasteiger partial charge in [0, 0.05) is 22.7 Å². The SMILES string of the molecule is Cc1cc2cc(F)ccc2n1CC(C)(C)Oc1ccc([N+](=O)[O-])cc1F. The van der Waals surface area contributed by atoms with E-state index in [1.165, 1.54) is 24.3 Å². The van der Waals surface area contributed by atoms with Crippen LogP contribution in [0.2, 0.25) is 0 Å². The molecule has 0 fully saturated rings. The highest BCUT2D eigenvalue weighted by Crippen LogP contribution is 2.29. The van der Waals surface area contributed by atoms with Gasteiger partial charge in [0.2, 0.25) is 0 Å². The zero-order valence-corrected chi connectivity index (χ0v) is 14.6. The second kappa shape index (κ2) is 6.40. The van der Waals surface area contributed by atoms with Gasteiger partial charge in [-0.3, -0.25) is 10.1 Å². The summed E-state index contributed by atoms with van der Waals surface area (Å²) < 4.78 is 35.3. The fourth-order valence-corrected chi connectivity index (χ4v) is 2.99. The lowest BCUT2D eigenvalue weighted by Gasteiger charge is -2.28. The molecule has 5 nitrogen and oxygen atoms in total. The number of ether oxygens (including phenoxy) is 1. The second-order valence-electron chi connectivity index (χ2n) is 6.81.